The van der Waals surface area contributed by atoms with Crippen LogP contribution in [-0.2, 0) is 26.0 Å². The average molecular weight is 341 g/mol. The average Bonchev–Trinajstić information content (AvgIpc) is 2.55. The molecule has 2 rings (SSSR count). The summed E-state index contributed by atoms with van der Waals surface area (Å²) < 4.78 is 32.5. The molecule has 23 heavy (non-hydrogen) atoms. The number of aryl methyl sites for hydroxylation is 1. The van der Waals surface area contributed by atoms with Crippen LogP contribution in [0.2, 0.25) is 0 Å². The van der Waals surface area contributed by atoms with Crippen LogP contribution in [-0.4, -0.2) is 39.3 Å². The van der Waals surface area contributed by atoms with Crippen molar-refractivity contribution >= 4 is 16.0 Å². The zero-order valence-corrected chi connectivity index (χ0v) is 14.0. The molecule has 0 spiro atoms. The van der Waals surface area contributed by atoms with Gasteiger partial charge in [-0.1, -0.05) is 19.1 Å². The van der Waals surface area contributed by atoms with Crippen LogP contribution >= 0.6 is 0 Å². The van der Waals surface area contributed by atoms with Gasteiger partial charge in [0, 0.05) is 19.8 Å². The molecule has 0 radical (unpaired) electrons. The van der Waals surface area contributed by atoms with Gasteiger partial charge in [0.1, 0.15) is 0 Å². The van der Waals surface area contributed by atoms with Crippen LogP contribution in [0.5, 0.6) is 0 Å². The second-order valence-electron chi connectivity index (χ2n) is 5.75. The minimum absolute atomic E-state index is 0.0640. The van der Waals surface area contributed by atoms with Gasteiger partial charge < -0.3 is 9.84 Å². The number of carboxylic acids is 1. The van der Waals surface area contributed by atoms with E-state index < -0.39 is 21.9 Å². The van der Waals surface area contributed by atoms with Crippen molar-refractivity contribution in [2.75, 3.05) is 19.8 Å². The fourth-order valence-electron chi connectivity index (χ4n) is 2.79. The molecule has 1 aromatic rings. The van der Waals surface area contributed by atoms with Crippen molar-refractivity contribution in [3.8, 4) is 0 Å². The van der Waals surface area contributed by atoms with Gasteiger partial charge in [0.05, 0.1) is 10.8 Å². The quantitative estimate of drug-likeness (QED) is 0.787. The molecule has 0 aliphatic carbocycles. The molecular formula is C16H23NO5S. The summed E-state index contributed by atoms with van der Waals surface area (Å²) in [5.74, 6) is -1.77. The number of sulfonamides is 1. The van der Waals surface area contributed by atoms with Gasteiger partial charge in [0.15, 0.2) is 0 Å². The smallest absolute Gasteiger partial charge is 0.308 e. The second-order valence-corrected chi connectivity index (χ2v) is 7.51. The standard InChI is InChI=1S/C16H23NO5S/c1-2-12-4-3-5-14(10-12)23(20,21)17-11-15(16(18)19)13-6-8-22-9-7-13/h3-5,10,13,15,17H,2,6-9,11H2,1H3,(H,18,19). The molecule has 1 aliphatic rings. The Morgan fingerprint density at radius 3 is 2.70 bits per heavy atom. The minimum Gasteiger partial charge on any atom is -0.481 e. The molecule has 1 unspecified atom stereocenters. The Labute approximate surface area is 136 Å². The molecule has 1 aliphatic heterocycles. The monoisotopic (exact) mass is 341 g/mol. The Morgan fingerprint density at radius 1 is 1.39 bits per heavy atom. The number of hydrogen-bond acceptors (Lipinski definition) is 4. The summed E-state index contributed by atoms with van der Waals surface area (Å²) in [7, 11) is -3.70. The van der Waals surface area contributed by atoms with Gasteiger partial charge in [0.2, 0.25) is 10.0 Å². The largest absolute Gasteiger partial charge is 0.481 e. The third-order valence-corrected chi connectivity index (χ3v) is 5.68. The molecule has 1 fully saturated rings. The van der Waals surface area contributed by atoms with Crippen molar-refractivity contribution < 1.29 is 23.1 Å². The van der Waals surface area contributed by atoms with E-state index in [0.717, 1.165) is 12.0 Å². The lowest BCUT2D eigenvalue weighted by atomic mass is 9.86. The summed E-state index contributed by atoms with van der Waals surface area (Å²) in [4.78, 5) is 11.7. The lowest BCUT2D eigenvalue weighted by Crippen LogP contribution is -2.38. The van der Waals surface area contributed by atoms with Crippen LogP contribution in [0.3, 0.4) is 0 Å². The molecule has 128 valence electrons. The van der Waals surface area contributed by atoms with E-state index in [-0.39, 0.29) is 17.4 Å². The van der Waals surface area contributed by atoms with Gasteiger partial charge in [-0.3, -0.25) is 4.79 Å². The summed E-state index contributed by atoms with van der Waals surface area (Å²) in [6.07, 6.45) is 2.03. The van der Waals surface area contributed by atoms with Crippen molar-refractivity contribution in [3.63, 3.8) is 0 Å². The van der Waals surface area contributed by atoms with Crippen LogP contribution in [0.25, 0.3) is 0 Å². The first-order valence-corrected chi connectivity index (χ1v) is 9.31. The number of carbonyl (C=O) groups is 1. The maximum Gasteiger partial charge on any atom is 0.308 e. The molecule has 1 aromatic carbocycles. The number of carboxylic acid groups (broad SMARTS) is 1. The van der Waals surface area contributed by atoms with Crippen LogP contribution in [0.1, 0.15) is 25.3 Å². The Balaban J connectivity index is 2.07. The molecule has 1 atom stereocenters. The van der Waals surface area contributed by atoms with E-state index in [1.165, 1.54) is 6.07 Å². The highest BCUT2D eigenvalue weighted by Crippen LogP contribution is 2.24. The molecule has 2 N–H and O–H groups in total. The Bertz CT molecular complexity index is 638. The zero-order valence-electron chi connectivity index (χ0n) is 13.2. The summed E-state index contributed by atoms with van der Waals surface area (Å²) >= 11 is 0. The molecule has 6 nitrogen and oxygen atoms in total. The maximum absolute atomic E-state index is 12.4. The lowest BCUT2D eigenvalue weighted by Gasteiger charge is -2.27. The lowest BCUT2D eigenvalue weighted by molar-refractivity contribution is -0.144. The number of ether oxygens (including phenoxy) is 1. The van der Waals surface area contributed by atoms with Crippen LogP contribution < -0.4 is 4.72 Å². The predicted octanol–water partition coefficient (Wildman–Crippen LogP) is 1.65. The first kappa shape index (κ1) is 17.9. The maximum atomic E-state index is 12.4. The third-order valence-electron chi connectivity index (χ3n) is 4.26. The number of rotatable bonds is 7. The molecule has 1 saturated heterocycles. The second kappa shape index (κ2) is 7.90. The predicted molar refractivity (Wildman–Crippen MR) is 85.7 cm³/mol. The topological polar surface area (TPSA) is 92.7 Å². The SMILES string of the molecule is CCc1cccc(S(=O)(=O)NCC(C(=O)O)C2CCOCC2)c1. The number of benzene rings is 1. The van der Waals surface area contributed by atoms with E-state index >= 15 is 0 Å². The van der Waals surface area contributed by atoms with Crippen LogP contribution in [0, 0.1) is 11.8 Å². The molecule has 1 heterocycles. The van der Waals surface area contributed by atoms with Crippen molar-refractivity contribution in [1.82, 2.24) is 4.72 Å². The highest BCUT2D eigenvalue weighted by molar-refractivity contribution is 7.89. The first-order chi connectivity index (χ1) is 10.9. The number of aliphatic carboxylic acids is 1. The van der Waals surface area contributed by atoms with Gasteiger partial charge in [-0.05, 0) is 42.9 Å². The van der Waals surface area contributed by atoms with E-state index in [0.29, 0.717) is 26.1 Å². The molecule has 7 heteroatoms. The van der Waals surface area contributed by atoms with Crippen molar-refractivity contribution in [3.05, 3.63) is 29.8 Å². The fourth-order valence-corrected chi connectivity index (χ4v) is 3.92. The molecule has 0 saturated carbocycles. The van der Waals surface area contributed by atoms with Crippen LogP contribution in [0.15, 0.2) is 29.2 Å². The molecular weight excluding hydrogens is 318 g/mol. The Hall–Kier alpha value is -1.44. The van der Waals surface area contributed by atoms with E-state index in [2.05, 4.69) is 4.72 Å². The van der Waals surface area contributed by atoms with E-state index in [9.17, 15) is 18.3 Å². The normalized spacial score (nSPS) is 17.8. The number of nitrogens with one attached hydrogen (secondary N) is 1. The van der Waals surface area contributed by atoms with Gasteiger partial charge >= 0.3 is 5.97 Å². The summed E-state index contributed by atoms with van der Waals surface area (Å²) in [5.41, 5.74) is 0.923. The van der Waals surface area contributed by atoms with Gasteiger partial charge in [-0.25, -0.2) is 13.1 Å². The number of hydrogen-bond donors (Lipinski definition) is 2. The van der Waals surface area contributed by atoms with E-state index in [1.807, 2.05) is 13.0 Å². The van der Waals surface area contributed by atoms with Gasteiger partial charge in [-0.2, -0.15) is 0 Å². The van der Waals surface area contributed by atoms with Crippen molar-refractivity contribution in [2.24, 2.45) is 11.8 Å². The van der Waals surface area contributed by atoms with Crippen molar-refractivity contribution in [1.29, 1.82) is 0 Å². The highest BCUT2D eigenvalue weighted by atomic mass is 32.2. The van der Waals surface area contributed by atoms with E-state index in [1.54, 1.807) is 12.1 Å². The zero-order chi connectivity index (χ0) is 16.9. The van der Waals surface area contributed by atoms with Gasteiger partial charge in [0.25, 0.3) is 0 Å². The molecule has 0 bridgehead atoms. The fraction of sp³-hybridized carbons (Fsp3) is 0.562. The van der Waals surface area contributed by atoms with Crippen molar-refractivity contribution in [2.45, 2.75) is 31.1 Å². The van der Waals surface area contributed by atoms with Gasteiger partial charge in [-0.15, -0.1) is 0 Å². The summed E-state index contributed by atoms with van der Waals surface area (Å²) in [6.45, 7) is 2.91. The first-order valence-electron chi connectivity index (χ1n) is 7.83. The van der Waals surface area contributed by atoms with Crippen LogP contribution in [0.4, 0.5) is 0 Å². The third kappa shape index (κ3) is 4.76. The molecule has 0 aromatic heterocycles. The highest BCUT2D eigenvalue weighted by Gasteiger charge is 2.31. The summed E-state index contributed by atoms with van der Waals surface area (Å²) in [6, 6.07) is 6.69. The Morgan fingerprint density at radius 2 is 2.09 bits per heavy atom. The minimum atomic E-state index is -3.70. The molecule has 0 amide bonds. The summed E-state index contributed by atoms with van der Waals surface area (Å²) in [5, 5.41) is 9.40. The van der Waals surface area contributed by atoms with E-state index in [4.69, 9.17) is 4.74 Å². The Kier molecular flexibility index (Phi) is 6.15.